The van der Waals surface area contributed by atoms with Gasteiger partial charge in [-0.25, -0.2) is 0 Å². The van der Waals surface area contributed by atoms with Crippen LogP contribution in [0, 0.1) is 5.92 Å². The maximum atomic E-state index is 12.1. The van der Waals surface area contributed by atoms with Crippen LogP contribution in [0.1, 0.15) is 35.6 Å². The zero-order valence-electron chi connectivity index (χ0n) is 13.7. The zero-order valence-corrected chi connectivity index (χ0v) is 13.7. The summed E-state index contributed by atoms with van der Waals surface area (Å²) in [4.78, 5) is 12.1. The van der Waals surface area contributed by atoms with Gasteiger partial charge in [-0.1, -0.05) is 79.3 Å². The summed E-state index contributed by atoms with van der Waals surface area (Å²) >= 11 is 0. The average Bonchev–Trinajstić information content (AvgIpc) is 3.04. The van der Waals surface area contributed by atoms with Crippen molar-refractivity contribution in [2.75, 3.05) is 0 Å². The van der Waals surface area contributed by atoms with E-state index in [1.54, 1.807) is 0 Å². The minimum absolute atomic E-state index is 0.476. The first-order chi connectivity index (χ1) is 11.7. The second-order valence-corrected chi connectivity index (χ2v) is 6.63. The highest BCUT2D eigenvalue weighted by molar-refractivity contribution is 5.83. The van der Waals surface area contributed by atoms with E-state index in [0.717, 1.165) is 24.0 Å². The average molecular weight is 316 g/mol. The number of hydrogen-bond donors (Lipinski definition) is 1. The first kappa shape index (κ1) is 14.9. The predicted octanol–water partition coefficient (Wildman–Crippen LogP) is 4.70. The molecule has 2 aliphatic rings. The fraction of sp³-hybridized carbons (Fsp3) is 0.227. The van der Waals surface area contributed by atoms with E-state index < -0.39 is 17.3 Å². The number of fused-ring (bicyclic) bond motifs is 2. The van der Waals surface area contributed by atoms with E-state index in [-0.39, 0.29) is 0 Å². The Morgan fingerprint density at radius 3 is 2.54 bits per heavy atom. The maximum absolute atomic E-state index is 12.1. The van der Waals surface area contributed by atoms with Crippen LogP contribution in [0.15, 0.2) is 60.2 Å². The molecule has 2 heteroatoms. The lowest BCUT2D eigenvalue weighted by atomic mass is 9.60. The molecular weight excluding hydrogens is 296 g/mol. The summed E-state index contributed by atoms with van der Waals surface area (Å²) in [6.45, 7) is 2.11. The quantitative estimate of drug-likeness (QED) is 0.891. The van der Waals surface area contributed by atoms with Crippen molar-refractivity contribution in [3.8, 4) is 0 Å². The van der Waals surface area contributed by atoms with E-state index in [0.29, 0.717) is 0 Å². The highest BCUT2D eigenvalue weighted by atomic mass is 16.4. The molecule has 2 atom stereocenters. The molecule has 2 aliphatic carbocycles. The summed E-state index contributed by atoms with van der Waals surface area (Å²) in [7, 11) is 0. The number of allylic oxidation sites excluding steroid dienone is 1. The first-order valence-corrected chi connectivity index (χ1v) is 8.46. The van der Waals surface area contributed by atoms with Crippen LogP contribution in [0.3, 0.4) is 0 Å². The minimum Gasteiger partial charge on any atom is -0.481 e. The van der Waals surface area contributed by atoms with Gasteiger partial charge in [-0.15, -0.1) is 0 Å². The van der Waals surface area contributed by atoms with Crippen LogP contribution in [0.2, 0.25) is 0 Å². The summed E-state index contributed by atoms with van der Waals surface area (Å²) in [5.74, 6) is -1.28. The number of carboxylic acid groups (broad SMARTS) is 1. The Hall–Kier alpha value is -2.61. The molecule has 0 amide bonds. The Balaban J connectivity index is 1.94. The zero-order chi connectivity index (χ0) is 16.7. The van der Waals surface area contributed by atoms with Crippen LogP contribution in [0.4, 0.5) is 0 Å². The molecule has 2 aromatic rings. The third-order valence-corrected chi connectivity index (χ3v) is 5.60. The molecule has 2 nitrogen and oxygen atoms in total. The lowest BCUT2D eigenvalue weighted by Gasteiger charge is -2.42. The number of benzene rings is 2. The van der Waals surface area contributed by atoms with Crippen LogP contribution in [-0.4, -0.2) is 11.1 Å². The second kappa shape index (κ2) is 5.48. The number of aliphatic carboxylic acids is 1. The lowest BCUT2D eigenvalue weighted by Crippen LogP contribution is -2.42. The molecule has 0 saturated heterocycles. The van der Waals surface area contributed by atoms with Gasteiger partial charge in [0, 0.05) is 5.41 Å². The van der Waals surface area contributed by atoms with Gasteiger partial charge in [-0.3, -0.25) is 4.79 Å². The Morgan fingerprint density at radius 1 is 1.12 bits per heavy atom. The van der Waals surface area contributed by atoms with Gasteiger partial charge < -0.3 is 5.11 Å². The molecule has 2 unspecified atom stereocenters. The van der Waals surface area contributed by atoms with E-state index in [2.05, 4.69) is 43.3 Å². The molecule has 0 spiro atoms. The molecule has 0 aliphatic heterocycles. The Labute approximate surface area is 142 Å². The second-order valence-electron chi connectivity index (χ2n) is 6.63. The third-order valence-electron chi connectivity index (χ3n) is 5.60. The number of carboxylic acids is 1. The fourth-order valence-electron chi connectivity index (χ4n) is 4.45. The van der Waals surface area contributed by atoms with E-state index in [9.17, 15) is 9.90 Å². The van der Waals surface area contributed by atoms with Crippen LogP contribution < -0.4 is 0 Å². The van der Waals surface area contributed by atoms with Crippen molar-refractivity contribution >= 4 is 18.1 Å². The highest BCUT2D eigenvalue weighted by Gasteiger charge is 2.48. The van der Waals surface area contributed by atoms with Crippen molar-refractivity contribution in [3.05, 3.63) is 82.4 Å². The molecule has 1 N–H and O–H groups in total. The number of hydrogen-bond acceptors (Lipinski definition) is 1. The molecule has 120 valence electrons. The third kappa shape index (κ3) is 1.99. The summed E-state index contributed by atoms with van der Waals surface area (Å²) in [5.41, 5.74) is 5.52. The lowest BCUT2D eigenvalue weighted by molar-refractivity contribution is -0.142. The van der Waals surface area contributed by atoms with Crippen molar-refractivity contribution in [1.82, 2.24) is 0 Å². The van der Waals surface area contributed by atoms with E-state index in [1.165, 1.54) is 16.7 Å². The molecule has 0 heterocycles. The summed E-state index contributed by atoms with van der Waals surface area (Å²) < 4.78 is 0. The van der Waals surface area contributed by atoms with Gasteiger partial charge in [-0.2, -0.15) is 0 Å². The Morgan fingerprint density at radius 2 is 1.83 bits per heavy atom. The van der Waals surface area contributed by atoms with Crippen LogP contribution in [0.25, 0.3) is 12.2 Å². The van der Waals surface area contributed by atoms with Gasteiger partial charge >= 0.3 is 5.97 Å². The molecule has 0 bridgehead atoms. The Kier molecular flexibility index (Phi) is 3.42. The molecule has 0 aromatic heterocycles. The van der Waals surface area contributed by atoms with Gasteiger partial charge in [0.25, 0.3) is 0 Å². The monoisotopic (exact) mass is 316 g/mol. The first-order valence-electron chi connectivity index (χ1n) is 8.46. The van der Waals surface area contributed by atoms with Gasteiger partial charge in [0.2, 0.25) is 0 Å². The van der Waals surface area contributed by atoms with Gasteiger partial charge in [0.1, 0.15) is 0 Å². The molecule has 0 radical (unpaired) electrons. The largest absolute Gasteiger partial charge is 0.481 e. The topological polar surface area (TPSA) is 37.3 Å². The smallest absolute Gasteiger partial charge is 0.311 e. The SMILES string of the molecule is CCC1(C2=Cc3ccccc3C2)c2ccccc2C=CC1C(=O)O. The molecule has 0 saturated carbocycles. The summed E-state index contributed by atoms with van der Waals surface area (Å²) in [6, 6.07) is 16.6. The molecule has 4 rings (SSSR count). The van der Waals surface area contributed by atoms with Gasteiger partial charge in [0.05, 0.1) is 5.92 Å². The molecular formula is C22H20O2. The molecule has 0 fully saturated rings. The van der Waals surface area contributed by atoms with E-state index in [4.69, 9.17) is 0 Å². The highest BCUT2D eigenvalue weighted by Crippen LogP contribution is 2.51. The normalized spacial score (nSPS) is 24.2. The van der Waals surface area contributed by atoms with Crippen molar-refractivity contribution in [2.24, 2.45) is 5.92 Å². The van der Waals surface area contributed by atoms with Gasteiger partial charge in [-0.05, 0) is 35.1 Å². The van der Waals surface area contributed by atoms with Crippen LogP contribution >= 0.6 is 0 Å². The van der Waals surface area contributed by atoms with Crippen molar-refractivity contribution in [3.63, 3.8) is 0 Å². The standard InChI is InChI=1S/C22H20O2/c1-2-22(18-13-16-8-3-4-9-17(16)14-18)19-10-6-5-7-15(19)11-12-20(22)21(23)24/h3-13,20H,2,14H2,1H3,(H,23,24). The molecule has 2 aromatic carbocycles. The molecule has 24 heavy (non-hydrogen) atoms. The van der Waals surface area contributed by atoms with Crippen molar-refractivity contribution in [2.45, 2.75) is 25.2 Å². The van der Waals surface area contributed by atoms with Crippen molar-refractivity contribution in [1.29, 1.82) is 0 Å². The van der Waals surface area contributed by atoms with Crippen LogP contribution in [0.5, 0.6) is 0 Å². The van der Waals surface area contributed by atoms with E-state index >= 15 is 0 Å². The van der Waals surface area contributed by atoms with Crippen molar-refractivity contribution < 1.29 is 9.90 Å². The van der Waals surface area contributed by atoms with E-state index in [1.807, 2.05) is 30.4 Å². The van der Waals surface area contributed by atoms with Crippen LogP contribution in [-0.2, 0) is 16.6 Å². The maximum Gasteiger partial charge on any atom is 0.311 e. The minimum atomic E-state index is -0.751. The summed E-state index contributed by atoms with van der Waals surface area (Å²) in [5, 5.41) is 9.93. The van der Waals surface area contributed by atoms with Gasteiger partial charge in [0.15, 0.2) is 0 Å². The number of rotatable bonds is 3. The Bertz CT molecular complexity index is 875. The fourth-order valence-corrected chi connectivity index (χ4v) is 4.45. The summed E-state index contributed by atoms with van der Waals surface area (Å²) in [6.07, 6.45) is 7.65. The predicted molar refractivity (Wildman–Crippen MR) is 96.7 cm³/mol. The number of carbonyl (C=O) groups is 1.